The van der Waals surface area contributed by atoms with Crippen LogP contribution < -0.4 is 4.74 Å². The van der Waals surface area contributed by atoms with Gasteiger partial charge >= 0.3 is 0 Å². The topological polar surface area (TPSA) is 46.1 Å². The first kappa shape index (κ1) is 16.5. The van der Waals surface area contributed by atoms with Crippen molar-refractivity contribution in [3.05, 3.63) is 28.0 Å². The molecule has 1 aromatic carbocycles. The van der Waals surface area contributed by atoms with Gasteiger partial charge in [-0.1, -0.05) is 18.5 Å². The summed E-state index contributed by atoms with van der Waals surface area (Å²) < 4.78 is 7.84. The molecule has 0 amide bonds. The van der Waals surface area contributed by atoms with Crippen LogP contribution in [-0.4, -0.2) is 39.9 Å². The number of hydrogen-bond donors (Lipinski definition) is 1. The van der Waals surface area contributed by atoms with Gasteiger partial charge in [0.25, 0.3) is 0 Å². The molecule has 5 nitrogen and oxygen atoms in total. The first-order chi connectivity index (χ1) is 11.1. The molecule has 1 saturated heterocycles. The number of ether oxygens (including phenoxy) is 1. The highest BCUT2D eigenvalue weighted by molar-refractivity contribution is 7.71. The van der Waals surface area contributed by atoms with Crippen LogP contribution in [0.4, 0.5) is 0 Å². The molecule has 23 heavy (non-hydrogen) atoms. The Hall–Kier alpha value is -1.37. The molecule has 2 heterocycles. The Balaban J connectivity index is 1.84. The van der Waals surface area contributed by atoms with Gasteiger partial charge in [-0.25, -0.2) is 4.68 Å². The van der Waals surface area contributed by atoms with Crippen LogP contribution >= 0.6 is 23.8 Å². The van der Waals surface area contributed by atoms with Gasteiger partial charge in [-0.15, -0.1) is 0 Å². The number of nitrogens with zero attached hydrogens (tertiary/aromatic N) is 3. The van der Waals surface area contributed by atoms with Crippen molar-refractivity contribution in [2.45, 2.75) is 26.4 Å². The molecule has 0 radical (unpaired) electrons. The number of H-pyrrole nitrogens is 1. The smallest absolute Gasteiger partial charge is 0.217 e. The fourth-order valence-corrected chi connectivity index (χ4v) is 3.21. The van der Waals surface area contributed by atoms with E-state index in [1.165, 1.54) is 12.8 Å². The highest BCUT2D eigenvalue weighted by Gasteiger charge is 2.17. The van der Waals surface area contributed by atoms with Gasteiger partial charge in [-0.05, 0) is 49.2 Å². The van der Waals surface area contributed by atoms with E-state index in [9.17, 15) is 0 Å². The van der Waals surface area contributed by atoms with Crippen LogP contribution in [0.25, 0.3) is 11.4 Å². The van der Waals surface area contributed by atoms with Crippen LogP contribution in [0.2, 0.25) is 5.02 Å². The van der Waals surface area contributed by atoms with E-state index in [2.05, 4.69) is 21.9 Å². The summed E-state index contributed by atoms with van der Waals surface area (Å²) in [6, 6.07) is 5.46. The largest absolute Gasteiger partial charge is 0.496 e. The number of piperidine rings is 1. The van der Waals surface area contributed by atoms with Gasteiger partial charge in [0, 0.05) is 18.1 Å². The van der Waals surface area contributed by atoms with Crippen molar-refractivity contribution in [3.8, 4) is 17.1 Å². The predicted molar refractivity (Wildman–Crippen MR) is 94.4 cm³/mol. The lowest BCUT2D eigenvalue weighted by molar-refractivity contribution is 0.146. The van der Waals surface area contributed by atoms with E-state index in [0.717, 1.165) is 37.0 Å². The van der Waals surface area contributed by atoms with Crippen molar-refractivity contribution in [3.63, 3.8) is 0 Å². The average Bonchev–Trinajstić information content (AvgIpc) is 2.90. The van der Waals surface area contributed by atoms with E-state index < -0.39 is 0 Å². The maximum atomic E-state index is 6.10. The number of nitrogens with one attached hydrogen (secondary N) is 1. The van der Waals surface area contributed by atoms with Gasteiger partial charge in [-0.2, -0.15) is 4.98 Å². The zero-order valence-electron chi connectivity index (χ0n) is 13.4. The lowest BCUT2D eigenvalue weighted by Crippen LogP contribution is -2.34. The Morgan fingerprint density at radius 3 is 2.83 bits per heavy atom. The van der Waals surface area contributed by atoms with Crippen LogP contribution in [0.15, 0.2) is 18.2 Å². The number of methoxy groups -OCH3 is 1. The lowest BCUT2D eigenvalue weighted by Gasteiger charge is -2.29. The monoisotopic (exact) mass is 352 g/mol. The van der Waals surface area contributed by atoms with Crippen molar-refractivity contribution in [2.75, 3.05) is 20.2 Å². The van der Waals surface area contributed by atoms with Gasteiger partial charge in [-0.3, -0.25) is 10.00 Å². The normalized spacial score (nSPS) is 16.7. The van der Waals surface area contributed by atoms with Gasteiger partial charge in [0.2, 0.25) is 4.77 Å². The molecular formula is C16H21ClN4OS. The minimum Gasteiger partial charge on any atom is -0.496 e. The minimum atomic E-state index is 0.542. The fraction of sp³-hybridized carbons (Fsp3) is 0.500. The molecule has 1 fully saturated rings. The van der Waals surface area contributed by atoms with Crippen molar-refractivity contribution in [1.29, 1.82) is 0 Å². The number of benzene rings is 1. The summed E-state index contributed by atoms with van der Waals surface area (Å²) in [4.78, 5) is 6.86. The number of likely N-dealkylation sites (tertiary alicyclic amines) is 1. The van der Waals surface area contributed by atoms with Crippen molar-refractivity contribution < 1.29 is 4.74 Å². The lowest BCUT2D eigenvalue weighted by atomic mass is 10.00. The standard InChI is InChI=1S/C16H21ClN4OS/c1-11-5-7-20(8-6-11)10-21-16(23)18-15(19-21)13-9-12(17)3-4-14(13)22-2/h3-4,9,11H,5-8,10H2,1-2H3,(H,18,19,23). The SMILES string of the molecule is COc1ccc(Cl)cc1-c1nc(=S)n(CN2CCC(C)CC2)[nH]1. The summed E-state index contributed by atoms with van der Waals surface area (Å²) in [6.45, 7) is 5.24. The Morgan fingerprint density at radius 1 is 1.39 bits per heavy atom. The maximum absolute atomic E-state index is 6.10. The van der Waals surface area contributed by atoms with Crippen LogP contribution in [-0.2, 0) is 6.67 Å². The van der Waals surface area contributed by atoms with Crippen molar-refractivity contribution in [2.24, 2.45) is 5.92 Å². The number of rotatable bonds is 4. The first-order valence-corrected chi connectivity index (χ1v) is 8.58. The summed E-state index contributed by atoms with van der Waals surface area (Å²) in [5.74, 6) is 2.21. The van der Waals surface area contributed by atoms with Crippen LogP contribution in [0.3, 0.4) is 0 Å². The Labute approximate surface area is 146 Å². The van der Waals surface area contributed by atoms with Gasteiger partial charge in [0.05, 0.1) is 19.3 Å². The maximum Gasteiger partial charge on any atom is 0.217 e. The Kier molecular flexibility index (Phi) is 5.04. The summed E-state index contributed by atoms with van der Waals surface area (Å²) in [5.41, 5.74) is 0.817. The number of halogens is 1. The molecule has 0 bridgehead atoms. The second-order valence-corrected chi connectivity index (χ2v) is 6.87. The predicted octanol–water partition coefficient (Wildman–Crippen LogP) is 3.96. The zero-order chi connectivity index (χ0) is 16.4. The molecule has 3 rings (SSSR count). The van der Waals surface area contributed by atoms with Gasteiger partial charge in [0.15, 0.2) is 5.82 Å². The number of aromatic amines is 1. The number of hydrogen-bond acceptors (Lipinski definition) is 4. The summed E-state index contributed by atoms with van der Waals surface area (Å²) >= 11 is 11.5. The molecule has 0 unspecified atom stereocenters. The minimum absolute atomic E-state index is 0.542. The molecule has 1 N–H and O–H groups in total. The van der Waals surface area contributed by atoms with E-state index in [4.69, 9.17) is 28.6 Å². The Morgan fingerprint density at radius 2 is 2.13 bits per heavy atom. The quantitative estimate of drug-likeness (QED) is 0.846. The van der Waals surface area contributed by atoms with Crippen molar-refractivity contribution >= 4 is 23.8 Å². The first-order valence-electron chi connectivity index (χ1n) is 7.80. The molecule has 2 aromatic rings. The second-order valence-electron chi connectivity index (χ2n) is 6.07. The molecule has 1 aliphatic heterocycles. The third-order valence-corrected chi connectivity index (χ3v) is 4.86. The molecular weight excluding hydrogens is 332 g/mol. The van der Waals surface area contributed by atoms with E-state index in [0.29, 0.717) is 15.6 Å². The Bertz CT molecular complexity index is 734. The molecule has 0 aliphatic carbocycles. The van der Waals surface area contributed by atoms with Crippen molar-refractivity contribution in [1.82, 2.24) is 19.7 Å². The second kappa shape index (κ2) is 7.03. The fourth-order valence-electron chi connectivity index (χ4n) is 2.84. The zero-order valence-corrected chi connectivity index (χ0v) is 15.0. The molecule has 0 saturated carbocycles. The van der Waals surface area contributed by atoms with Crippen LogP contribution in [0, 0.1) is 10.7 Å². The summed E-state index contributed by atoms with van der Waals surface area (Å²) in [7, 11) is 1.63. The molecule has 0 spiro atoms. The van der Waals surface area contributed by atoms with E-state index in [-0.39, 0.29) is 0 Å². The molecule has 0 atom stereocenters. The van der Waals surface area contributed by atoms with E-state index in [1.807, 2.05) is 16.8 Å². The van der Waals surface area contributed by atoms with Gasteiger partial charge in [0.1, 0.15) is 5.75 Å². The molecule has 1 aliphatic rings. The highest BCUT2D eigenvalue weighted by atomic mass is 35.5. The number of aromatic nitrogens is 3. The summed E-state index contributed by atoms with van der Waals surface area (Å²) in [5, 5.41) is 3.92. The highest BCUT2D eigenvalue weighted by Crippen LogP contribution is 2.30. The molecule has 124 valence electrons. The molecule has 7 heteroatoms. The summed E-state index contributed by atoms with van der Waals surface area (Å²) in [6.07, 6.45) is 2.47. The molecule has 1 aromatic heterocycles. The third kappa shape index (κ3) is 3.76. The van der Waals surface area contributed by atoms with Crippen LogP contribution in [0.1, 0.15) is 19.8 Å². The average molecular weight is 353 g/mol. The van der Waals surface area contributed by atoms with Gasteiger partial charge < -0.3 is 4.74 Å². The van der Waals surface area contributed by atoms with Crippen LogP contribution in [0.5, 0.6) is 5.75 Å². The van der Waals surface area contributed by atoms with E-state index in [1.54, 1.807) is 13.2 Å². The van der Waals surface area contributed by atoms with E-state index >= 15 is 0 Å². The third-order valence-electron chi connectivity index (χ3n) is 4.31.